The molecule has 1 aliphatic carbocycles. The number of aromatic nitrogens is 1. The van der Waals surface area contributed by atoms with Crippen molar-refractivity contribution in [2.45, 2.75) is 44.6 Å². The van der Waals surface area contributed by atoms with Crippen LogP contribution >= 0.6 is 0 Å². The number of amides is 1. The van der Waals surface area contributed by atoms with Crippen LogP contribution < -0.4 is 5.32 Å². The number of hydrogen-bond acceptors (Lipinski definition) is 3. The molecular formula is C15H22FN3O. The highest BCUT2D eigenvalue weighted by molar-refractivity contribution is 5.98. The number of hydrogen-bond donors (Lipinski definition) is 1. The smallest absolute Gasteiger partial charge is 0.257 e. The van der Waals surface area contributed by atoms with E-state index in [2.05, 4.69) is 10.3 Å². The Morgan fingerprint density at radius 3 is 2.60 bits per heavy atom. The number of rotatable bonds is 3. The van der Waals surface area contributed by atoms with Crippen molar-refractivity contribution in [3.05, 3.63) is 23.6 Å². The summed E-state index contributed by atoms with van der Waals surface area (Å²) >= 11 is 0. The Labute approximate surface area is 119 Å². The lowest BCUT2D eigenvalue weighted by atomic mass is 10.1. The molecule has 5 heteroatoms. The van der Waals surface area contributed by atoms with Crippen LogP contribution in [0.15, 0.2) is 12.3 Å². The van der Waals surface area contributed by atoms with E-state index in [1.165, 1.54) is 18.9 Å². The zero-order valence-corrected chi connectivity index (χ0v) is 12.2. The van der Waals surface area contributed by atoms with E-state index < -0.39 is 5.82 Å². The molecule has 0 saturated heterocycles. The molecule has 110 valence electrons. The summed E-state index contributed by atoms with van der Waals surface area (Å²) in [5.74, 6) is -0.216. The maximum atomic E-state index is 13.4. The van der Waals surface area contributed by atoms with Crippen molar-refractivity contribution >= 4 is 11.7 Å². The van der Waals surface area contributed by atoms with Gasteiger partial charge in [-0.25, -0.2) is 9.37 Å². The number of nitrogens with one attached hydrogen (secondary N) is 1. The van der Waals surface area contributed by atoms with Gasteiger partial charge >= 0.3 is 0 Å². The van der Waals surface area contributed by atoms with Gasteiger partial charge in [-0.3, -0.25) is 4.79 Å². The Morgan fingerprint density at radius 1 is 1.35 bits per heavy atom. The van der Waals surface area contributed by atoms with Crippen LogP contribution in [0.4, 0.5) is 10.2 Å². The molecule has 0 radical (unpaired) electrons. The minimum Gasteiger partial charge on any atom is -0.372 e. The molecule has 0 spiro atoms. The first kappa shape index (κ1) is 14.8. The first-order chi connectivity index (χ1) is 9.63. The SMILES string of the molecule is CNc1ncc(F)cc1C(=O)N(C)C1CCCCCC1. The van der Waals surface area contributed by atoms with E-state index in [1.807, 2.05) is 7.05 Å². The van der Waals surface area contributed by atoms with E-state index in [-0.39, 0.29) is 11.9 Å². The molecule has 20 heavy (non-hydrogen) atoms. The zero-order valence-electron chi connectivity index (χ0n) is 12.2. The van der Waals surface area contributed by atoms with Crippen LogP contribution in [0.3, 0.4) is 0 Å². The van der Waals surface area contributed by atoms with E-state index in [1.54, 1.807) is 11.9 Å². The summed E-state index contributed by atoms with van der Waals surface area (Å²) in [6.45, 7) is 0. The van der Waals surface area contributed by atoms with E-state index in [0.717, 1.165) is 31.9 Å². The molecule has 0 aromatic carbocycles. The van der Waals surface area contributed by atoms with E-state index in [9.17, 15) is 9.18 Å². The second-order valence-electron chi connectivity index (χ2n) is 5.36. The van der Waals surface area contributed by atoms with Crippen molar-refractivity contribution < 1.29 is 9.18 Å². The first-order valence-corrected chi connectivity index (χ1v) is 7.24. The summed E-state index contributed by atoms with van der Waals surface area (Å²) in [5.41, 5.74) is 0.305. The molecule has 0 aliphatic heterocycles. The van der Waals surface area contributed by atoms with E-state index in [0.29, 0.717) is 11.4 Å². The predicted molar refractivity (Wildman–Crippen MR) is 77.3 cm³/mol. The number of carbonyl (C=O) groups is 1. The van der Waals surface area contributed by atoms with Crippen LogP contribution in [0.25, 0.3) is 0 Å². The third kappa shape index (κ3) is 3.26. The zero-order chi connectivity index (χ0) is 14.5. The van der Waals surface area contributed by atoms with E-state index >= 15 is 0 Å². The predicted octanol–water partition coefficient (Wildman–Crippen LogP) is 3.06. The van der Waals surface area contributed by atoms with Gasteiger partial charge in [-0.1, -0.05) is 25.7 Å². The lowest BCUT2D eigenvalue weighted by molar-refractivity contribution is 0.0718. The molecule has 0 atom stereocenters. The molecule has 1 amide bonds. The highest BCUT2D eigenvalue weighted by Crippen LogP contribution is 2.24. The van der Waals surface area contributed by atoms with Crippen molar-refractivity contribution in [1.29, 1.82) is 0 Å². The average molecular weight is 279 g/mol. The van der Waals surface area contributed by atoms with Crippen molar-refractivity contribution in [2.75, 3.05) is 19.4 Å². The quantitative estimate of drug-likeness (QED) is 0.865. The summed E-state index contributed by atoms with van der Waals surface area (Å²) in [7, 11) is 3.49. The van der Waals surface area contributed by atoms with E-state index in [4.69, 9.17) is 0 Å². The molecule has 2 rings (SSSR count). The molecular weight excluding hydrogens is 257 g/mol. The van der Waals surface area contributed by atoms with Crippen molar-refractivity contribution in [3.8, 4) is 0 Å². The Balaban J connectivity index is 2.19. The van der Waals surface area contributed by atoms with Gasteiger partial charge in [0, 0.05) is 20.1 Å². The van der Waals surface area contributed by atoms with Gasteiger partial charge in [-0.2, -0.15) is 0 Å². The fraction of sp³-hybridized carbons (Fsp3) is 0.600. The molecule has 0 unspecified atom stereocenters. The van der Waals surface area contributed by atoms with Gasteiger partial charge in [0.15, 0.2) is 0 Å². The number of pyridine rings is 1. The lowest BCUT2D eigenvalue weighted by Crippen LogP contribution is -2.37. The normalized spacial score (nSPS) is 16.6. The van der Waals surface area contributed by atoms with Crippen LogP contribution in [0, 0.1) is 5.82 Å². The van der Waals surface area contributed by atoms with Gasteiger partial charge in [0.2, 0.25) is 0 Å². The molecule has 4 nitrogen and oxygen atoms in total. The summed E-state index contributed by atoms with van der Waals surface area (Å²) in [6, 6.07) is 1.51. The van der Waals surface area contributed by atoms with Gasteiger partial charge in [-0.15, -0.1) is 0 Å². The minimum atomic E-state index is -0.485. The molecule has 1 aromatic rings. The van der Waals surface area contributed by atoms with Gasteiger partial charge in [0.05, 0.1) is 11.8 Å². The number of halogens is 1. The summed E-state index contributed by atoms with van der Waals surface area (Å²) in [6.07, 6.45) is 7.96. The van der Waals surface area contributed by atoms with Gasteiger partial charge < -0.3 is 10.2 Å². The monoisotopic (exact) mass is 279 g/mol. The Bertz CT molecular complexity index is 470. The molecule has 0 bridgehead atoms. The average Bonchev–Trinajstić information content (AvgIpc) is 2.74. The highest BCUT2D eigenvalue weighted by atomic mass is 19.1. The lowest BCUT2D eigenvalue weighted by Gasteiger charge is -2.27. The van der Waals surface area contributed by atoms with Crippen LogP contribution in [0.2, 0.25) is 0 Å². The maximum absolute atomic E-state index is 13.4. The topological polar surface area (TPSA) is 45.2 Å². The molecule has 1 heterocycles. The fourth-order valence-corrected chi connectivity index (χ4v) is 2.80. The summed E-state index contributed by atoms with van der Waals surface area (Å²) < 4.78 is 13.4. The number of nitrogens with zero attached hydrogens (tertiary/aromatic N) is 2. The van der Waals surface area contributed by atoms with Crippen molar-refractivity contribution in [2.24, 2.45) is 0 Å². The van der Waals surface area contributed by atoms with Gasteiger partial charge in [-0.05, 0) is 18.9 Å². The molecule has 1 aromatic heterocycles. The molecule has 1 N–H and O–H groups in total. The third-order valence-corrected chi connectivity index (χ3v) is 4.01. The highest BCUT2D eigenvalue weighted by Gasteiger charge is 2.24. The maximum Gasteiger partial charge on any atom is 0.257 e. The van der Waals surface area contributed by atoms with Crippen LogP contribution in [0.1, 0.15) is 48.9 Å². The molecule has 1 fully saturated rings. The second-order valence-corrected chi connectivity index (χ2v) is 5.36. The summed E-state index contributed by atoms with van der Waals surface area (Å²) in [5, 5.41) is 2.85. The number of carbonyl (C=O) groups excluding carboxylic acids is 1. The van der Waals surface area contributed by atoms with Crippen molar-refractivity contribution in [1.82, 2.24) is 9.88 Å². The van der Waals surface area contributed by atoms with Gasteiger partial charge in [0.1, 0.15) is 11.6 Å². The standard InChI is InChI=1S/C15H22FN3O/c1-17-14-13(9-11(16)10-18-14)15(20)19(2)12-7-5-3-4-6-8-12/h9-10,12H,3-8H2,1-2H3,(H,17,18). The van der Waals surface area contributed by atoms with Crippen LogP contribution in [-0.2, 0) is 0 Å². The number of anilines is 1. The fourth-order valence-electron chi connectivity index (χ4n) is 2.80. The third-order valence-electron chi connectivity index (χ3n) is 4.01. The van der Waals surface area contributed by atoms with Crippen LogP contribution in [0.5, 0.6) is 0 Å². The largest absolute Gasteiger partial charge is 0.372 e. The summed E-state index contributed by atoms with van der Waals surface area (Å²) in [4.78, 5) is 18.3. The Kier molecular flexibility index (Phi) is 4.93. The first-order valence-electron chi connectivity index (χ1n) is 7.24. The molecule has 1 aliphatic rings. The Morgan fingerprint density at radius 2 is 2.00 bits per heavy atom. The van der Waals surface area contributed by atoms with Crippen LogP contribution in [-0.4, -0.2) is 35.9 Å². The van der Waals surface area contributed by atoms with Gasteiger partial charge in [0.25, 0.3) is 5.91 Å². The minimum absolute atomic E-state index is 0.159. The Hall–Kier alpha value is -1.65. The van der Waals surface area contributed by atoms with Crippen molar-refractivity contribution in [3.63, 3.8) is 0 Å². The molecule has 1 saturated carbocycles. The second kappa shape index (κ2) is 6.68.